The van der Waals surface area contributed by atoms with Crippen LogP contribution in [-0.2, 0) is 42.1 Å². The first-order valence-electron chi connectivity index (χ1n) is 19.1. The number of piperidine rings is 1. The first-order valence-corrected chi connectivity index (χ1v) is 19.1. The smallest absolute Gasteiger partial charge is 0.284 e. The van der Waals surface area contributed by atoms with Gasteiger partial charge in [-0.15, -0.1) is 0 Å². The number of fused-ring (bicyclic) bond motifs is 2. The van der Waals surface area contributed by atoms with Crippen molar-refractivity contribution in [3.63, 3.8) is 0 Å². The van der Waals surface area contributed by atoms with Gasteiger partial charge in [0.2, 0.25) is 17.7 Å². The average molecular weight is 821 g/mol. The molecule has 3 aliphatic rings. The van der Waals surface area contributed by atoms with Crippen LogP contribution in [0.5, 0.6) is 0 Å². The number of anilines is 2. The summed E-state index contributed by atoms with van der Waals surface area (Å²) in [5, 5.41) is 12.5. The lowest BCUT2D eigenvalue weighted by Gasteiger charge is -2.35. The number of aryl methyl sites for hydroxylation is 2. The third-order valence-corrected chi connectivity index (χ3v) is 10.1. The highest BCUT2D eigenvalue weighted by Crippen LogP contribution is 2.31. The summed E-state index contributed by atoms with van der Waals surface area (Å²) < 4.78 is 46.1. The Morgan fingerprint density at radius 3 is 2.46 bits per heavy atom. The Bertz CT molecular complexity index is 2250. The number of hydrogen-bond donors (Lipinski definition) is 2. The van der Waals surface area contributed by atoms with Crippen molar-refractivity contribution in [2.45, 2.75) is 38.2 Å². The zero-order valence-corrected chi connectivity index (χ0v) is 32.1. The maximum Gasteiger partial charge on any atom is 0.284 e. The third-order valence-electron chi connectivity index (χ3n) is 10.1. The summed E-state index contributed by atoms with van der Waals surface area (Å²) in [6.07, 6.45) is 2.60. The van der Waals surface area contributed by atoms with Crippen molar-refractivity contribution >= 4 is 52.6 Å². The number of alkyl halides is 2. The van der Waals surface area contributed by atoms with Gasteiger partial charge in [0.1, 0.15) is 24.0 Å². The van der Waals surface area contributed by atoms with Crippen molar-refractivity contribution in [2.24, 2.45) is 7.05 Å². The van der Waals surface area contributed by atoms with Crippen LogP contribution in [0.25, 0.3) is 5.65 Å². The molecule has 0 bridgehead atoms. The minimum atomic E-state index is -2.87. The van der Waals surface area contributed by atoms with E-state index < -0.39 is 47.7 Å². The van der Waals surface area contributed by atoms with E-state index in [4.69, 9.17) is 14.2 Å². The summed E-state index contributed by atoms with van der Waals surface area (Å²) in [7, 11) is 1.48. The molecule has 1 aromatic carbocycles. The predicted octanol–water partition coefficient (Wildman–Crippen LogP) is 1.39. The lowest BCUT2D eigenvalue weighted by atomic mass is 9.99. The van der Waals surface area contributed by atoms with Crippen molar-refractivity contribution in [3.05, 3.63) is 70.8 Å². The Morgan fingerprint density at radius 2 is 1.71 bits per heavy atom. The first kappa shape index (κ1) is 41.0. The number of carbonyl (C=O) groups excluding carboxylic acids is 6. The molecule has 0 saturated carbocycles. The van der Waals surface area contributed by atoms with E-state index in [2.05, 4.69) is 25.8 Å². The molecule has 6 heterocycles. The van der Waals surface area contributed by atoms with Crippen LogP contribution in [0, 0.1) is 0 Å². The van der Waals surface area contributed by atoms with E-state index in [1.54, 1.807) is 35.4 Å². The number of amides is 6. The molecule has 2 fully saturated rings. The van der Waals surface area contributed by atoms with Gasteiger partial charge in [-0.3, -0.25) is 43.7 Å². The minimum absolute atomic E-state index is 0.0546. The van der Waals surface area contributed by atoms with Gasteiger partial charge < -0.3 is 29.3 Å². The van der Waals surface area contributed by atoms with Gasteiger partial charge >= 0.3 is 0 Å². The van der Waals surface area contributed by atoms with Crippen LogP contribution < -0.4 is 15.5 Å². The minimum Gasteiger partial charge on any atom is -0.379 e. The van der Waals surface area contributed by atoms with Crippen LogP contribution in [-0.4, -0.2) is 141 Å². The van der Waals surface area contributed by atoms with Crippen molar-refractivity contribution < 1.29 is 51.8 Å². The van der Waals surface area contributed by atoms with Gasteiger partial charge in [0.05, 0.1) is 49.4 Å². The van der Waals surface area contributed by atoms with Gasteiger partial charge in [0.15, 0.2) is 11.3 Å². The standard InChI is InChI=1S/C38H42F2N10O9/c1-46-21-26(32(45-46)33(39)40)42-35(53)25-20-41-49-10-9-28(43-34(25)49)47-11-13-48(14-12-47)30(52)22-59-19-18-58-17-16-57-15-3-5-23-4-2-6-24-31(23)38(56)50(37(24)55)27-7-8-29(51)44-36(27)54/h2,4,6,9-10,20-21,27,33H,3,5,7-8,11-19,22H2,1H3,(H,42,53)(H,44,51,54). The monoisotopic (exact) mass is 820 g/mol. The van der Waals surface area contributed by atoms with Crippen LogP contribution in [0.4, 0.5) is 20.3 Å². The molecule has 59 heavy (non-hydrogen) atoms. The summed E-state index contributed by atoms with van der Waals surface area (Å²) in [5.41, 5.74) is 0.920. The van der Waals surface area contributed by atoms with Gasteiger partial charge in [0.25, 0.3) is 24.1 Å². The maximum atomic E-state index is 13.4. The van der Waals surface area contributed by atoms with Gasteiger partial charge in [-0.25, -0.2) is 18.3 Å². The fraction of sp³-hybridized carbons (Fsp3) is 0.447. The van der Waals surface area contributed by atoms with E-state index in [0.29, 0.717) is 70.2 Å². The van der Waals surface area contributed by atoms with E-state index in [0.717, 1.165) is 4.90 Å². The Balaban J connectivity index is 0.763. The van der Waals surface area contributed by atoms with E-state index in [9.17, 15) is 37.5 Å². The molecule has 0 spiro atoms. The van der Waals surface area contributed by atoms with Crippen molar-refractivity contribution in [1.29, 1.82) is 0 Å². The fourth-order valence-corrected chi connectivity index (χ4v) is 7.18. The molecule has 21 heteroatoms. The number of hydrogen-bond acceptors (Lipinski definition) is 13. The topological polar surface area (TPSA) is 212 Å². The van der Waals surface area contributed by atoms with Crippen LogP contribution in [0.3, 0.4) is 0 Å². The van der Waals surface area contributed by atoms with Crippen molar-refractivity contribution in [3.8, 4) is 0 Å². The lowest BCUT2D eigenvalue weighted by Crippen LogP contribution is -2.54. The number of benzene rings is 1. The molecule has 0 radical (unpaired) electrons. The van der Waals surface area contributed by atoms with Crippen LogP contribution in [0.15, 0.2) is 42.9 Å². The number of halogens is 2. The van der Waals surface area contributed by atoms with E-state index in [1.165, 1.54) is 28.6 Å². The molecule has 2 N–H and O–H groups in total. The van der Waals surface area contributed by atoms with Gasteiger partial charge in [-0.2, -0.15) is 10.2 Å². The number of nitrogens with one attached hydrogen (secondary N) is 2. The number of imide groups is 2. The Labute approximate surface area is 335 Å². The largest absolute Gasteiger partial charge is 0.379 e. The Hall–Kier alpha value is -6.19. The highest BCUT2D eigenvalue weighted by Gasteiger charge is 2.45. The third kappa shape index (κ3) is 9.11. The van der Waals surface area contributed by atoms with Gasteiger partial charge in [0, 0.05) is 58.6 Å². The highest BCUT2D eigenvalue weighted by atomic mass is 19.3. The second-order valence-electron chi connectivity index (χ2n) is 14.0. The second-order valence-corrected chi connectivity index (χ2v) is 14.0. The van der Waals surface area contributed by atoms with Crippen molar-refractivity contribution in [1.82, 2.24) is 39.5 Å². The molecule has 0 aliphatic carbocycles. The fourth-order valence-electron chi connectivity index (χ4n) is 7.18. The SMILES string of the molecule is Cn1cc(NC(=O)c2cnn3ccc(N4CCN(C(=O)COCCOCCOCCCc5cccc6c5C(=O)N(C5CCC(=O)NC5=O)C6=O)CC4)nc23)c(C(F)F)n1. The van der Waals surface area contributed by atoms with Crippen LogP contribution >= 0.6 is 0 Å². The molecular weight excluding hydrogens is 778 g/mol. The summed E-state index contributed by atoms with van der Waals surface area (Å²) in [4.78, 5) is 85.3. The first-order chi connectivity index (χ1) is 28.5. The molecule has 4 aromatic rings. The van der Waals surface area contributed by atoms with E-state index >= 15 is 0 Å². The molecule has 312 valence electrons. The molecular formula is C38H42F2N10O9. The van der Waals surface area contributed by atoms with Crippen molar-refractivity contribution in [2.75, 3.05) is 76.0 Å². The number of piperazine rings is 1. The number of rotatable bonds is 17. The van der Waals surface area contributed by atoms with Crippen LogP contribution in [0.2, 0.25) is 0 Å². The van der Waals surface area contributed by atoms with Gasteiger partial charge in [-0.1, -0.05) is 12.1 Å². The summed E-state index contributed by atoms with van der Waals surface area (Å²) in [6.45, 7) is 3.20. The van der Waals surface area contributed by atoms with E-state index in [1.807, 2.05) is 4.90 Å². The number of carbonyl (C=O) groups is 6. The Kier molecular flexibility index (Phi) is 12.6. The lowest BCUT2D eigenvalue weighted by molar-refractivity contribution is -0.137. The molecule has 6 amide bonds. The highest BCUT2D eigenvalue weighted by molar-refractivity contribution is 6.24. The zero-order valence-electron chi connectivity index (χ0n) is 32.1. The molecule has 1 atom stereocenters. The molecule has 7 rings (SSSR count). The molecule has 19 nitrogen and oxygen atoms in total. The van der Waals surface area contributed by atoms with Crippen LogP contribution in [0.1, 0.15) is 68.0 Å². The average Bonchev–Trinajstić information content (AvgIpc) is 3.89. The molecule has 3 aromatic heterocycles. The zero-order chi connectivity index (χ0) is 41.6. The molecule has 2 saturated heterocycles. The quantitative estimate of drug-likeness (QED) is 0.114. The maximum absolute atomic E-state index is 13.4. The number of aromatic nitrogens is 5. The van der Waals surface area contributed by atoms with E-state index in [-0.39, 0.29) is 66.6 Å². The summed E-state index contributed by atoms with van der Waals surface area (Å²) >= 11 is 0. The van der Waals surface area contributed by atoms with Gasteiger partial charge in [-0.05, 0) is 37.0 Å². The normalized spacial score (nSPS) is 17.0. The Morgan fingerprint density at radius 1 is 0.966 bits per heavy atom. The predicted molar refractivity (Wildman–Crippen MR) is 202 cm³/mol. The number of nitrogens with zero attached hydrogens (tertiary/aromatic N) is 8. The molecule has 3 aliphatic heterocycles. The summed E-state index contributed by atoms with van der Waals surface area (Å²) in [6, 6.07) is 5.77. The molecule has 1 unspecified atom stereocenters. The number of ether oxygens (including phenoxy) is 3. The summed E-state index contributed by atoms with van der Waals surface area (Å²) in [5.74, 6) is -2.40. The second kappa shape index (κ2) is 18.2.